The van der Waals surface area contributed by atoms with Crippen LogP contribution in [0.5, 0.6) is 0 Å². The summed E-state index contributed by atoms with van der Waals surface area (Å²) >= 11 is 6.07. The van der Waals surface area contributed by atoms with Crippen LogP contribution < -0.4 is 0 Å². The molecule has 2 rings (SSSR count). The molecule has 0 atom stereocenters. The fourth-order valence-corrected chi connectivity index (χ4v) is 1.93. The molecule has 1 aromatic heterocycles. The zero-order chi connectivity index (χ0) is 13.3. The number of rotatable bonds is 3. The van der Waals surface area contributed by atoms with Crippen LogP contribution in [-0.4, -0.2) is 20.9 Å². The Bertz CT molecular complexity index is 605. The minimum absolute atomic E-state index is 0.0224. The van der Waals surface area contributed by atoms with Crippen LogP contribution in [0.25, 0.3) is 5.69 Å². The second-order valence-corrected chi connectivity index (χ2v) is 4.58. The highest BCUT2D eigenvalue weighted by Crippen LogP contribution is 2.21. The van der Waals surface area contributed by atoms with Crippen LogP contribution in [0.4, 0.5) is 0 Å². The first-order valence-corrected chi connectivity index (χ1v) is 5.88. The first kappa shape index (κ1) is 12.6. The molecule has 1 heterocycles. The van der Waals surface area contributed by atoms with Crippen molar-refractivity contribution < 1.29 is 9.90 Å². The van der Waals surface area contributed by atoms with Crippen molar-refractivity contribution >= 4 is 17.6 Å². The van der Waals surface area contributed by atoms with E-state index in [0.717, 1.165) is 16.9 Å². The summed E-state index contributed by atoms with van der Waals surface area (Å²) in [6, 6.07) is 5.64. The summed E-state index contributed by atoms with van der Waals surface area (Å²) in [5.74, 6) is -0.861. The Morgan fingerprint density at radius 3 is 2.78 bits per heavy atom. The topological polar surface area (TPSA) is 55.1 Å². The summed E-state index contributed by atoms with van der Waals surface area (Å²) in [7, 11) is 0. The molecule has 0 aliphatic heterocycles. The number of carboxylic acid groups (broad SMARTS) is 1. The Labute approximate surface area is 110 Å². The van der Waals surface area contributed by atoms with Gasteiger partial charge in [0, 0.05) is 16.3 Å². The maximum absolute atomic E-state index is 10.7. The molecule has 4 nitrogen and oxygen atoms in total. The molecule has 0 amide bonds. The average Bonchev–Trinajstić information content (AvgIpc) is 2.64. The van der Waals surface area contributed by atoms with Crippen LogP contribution >= 0.6 is 11.6 Å². The summed E-state index contributed by atoms with van der Waals surface area (Å²) in [5.41, 5.74) is 3.35. The summed E-state index contributed by atoms with van der Waals surface area (Å²) in [6.45, 7) is 3.77. The maximum atomic E-state index is 10.7. The first-order valence-electron chi connectivity index (χ1n) is 5.51. The molecule has 0 unspecified atom stereocenters. The summed E-state index contributed by atoms with van der Waals surface area (Å²) in [6.07, 6.45) is 1.56. The van der Waals surface area contributed by atoms with E-state index < -0.39 is 5.97 Å². The molecule has 0 aliphatic rings. The van der Waals surface area contributed by atoms with E-state index in [9.17, 15) is 4.79 Å². The Hall–Kier alpha value is -1.81. The van der Waals surface area contributed by atoms with Gasteiger partial charge in [-0.05, 0) is 31.5 Å². The van der Waals surface area contributed by atoms with E-state index >= 15 is 0 Å². The normalized spacial score (nSPS) is 10.6. The molecule has 94 valence electrons. The van der Waals surface area contributed by atoms with Gasteiger partial charge in [0.25, 0.3) is 0 Å². The van der Waals surface area contributed by atoms with Crippen molar-refractivity contribution in [3.05, 3.63) is 46.2 Å². The highest BCUT2D eigenvalue weighted by atomic mass is 35.5. The molecule has 0 radical (unpaired) electrons. The number of hydrogen-bond donors (Lipinski definition) is 1. The minimum Gasteiger partial charge on any atom is -0.481 e. The van der Waals surface area contributed by atoms with Crippen molar-refractivity contribution in [2.45, 2.75) is 20.3 Å². The molecular weight excluding hydrogens is 252 g/mol. The number of aryl methyl sites for hydroxylation is 1. The molecule has 0 saturated carbocycles. The van der Waals surface area contributed by atoms with Gasteiger partial charge in [-0.15, -0.1) is 0 Å². The van der Waals surface area contributed by atoms with Gasteiger partial charge in [-0.3, -0.25) is 4.79 Å². The third-order valence-electron chi connectivity index (χ3n) is 2.85. The van der Waals surface area contributed by atoms with E-state index in [2.05, 4.69) is 5.10 Å². The lowest BCUT2D eigenvalue weighted by Crippen LogP contribution is -2.03. The number of nitrogens with zero attached hydrogens (tertiary/aromatic N) is 2. The quantitative estimate of drug-likeness (QED) is 0.927. The van der Waals surface area contributed by atoms with Gasteiger partial charge in [0.1, 0.15) is 0 Å². The predicted molar refractivity (Wildman–Crippen MR) is 69.4 cm³/mol. The van der Waals surface area contributed by atoms with Crippen LogP contribution in [0.3, 0.4) is 0 Å². The fraction of sp³-hybridized carbons (Fsp3) is 0.231. The number of hydrogen-bond acceptors (Lipinski definition) is 2. The zero-order valence-corrected chi connectivity index (χ0v) is 10.9. The fourth-order valence-electron chi connectivity index (χ4n) is 1.75. The smallest absolute Gasteiger partial charge is 0.307 e. The van der Waals surface area contributed by atoms with E-state index in [1.807, 2.05) is 32.0 Å². The summed E-state index contributed by atoms with van der Waals surface area (Å²) in [4.78, 5) is 10.7. The minimum atomic E-state index is -0.861. The van der Waals surface area contributed by atoms with Gasteiger partial charge in [-0.25, -0.2) is 4.68 Å². The standard InChI is InChI=1S/C13H13ClN2O2/c1-8-3-4-11(6-12(8)14)16-9(2)10(7-15-16)5-13(17)18/h3-4,6-7H,5H2,1-2H3,(H,17,18). The summed E-state index contributed by atoms with van der Waals surface area (Å²) in [5, 5.41) is 13.7. The molecule has 0 saturated heterocycles. The van der Waals surface area contributed by atoms with E-state index in [-0.39, 0.29) is 6.42 Å². The van der Waals surface area contributed by atoms with Gasteiger partial charge >= 0.3 is 5.97 Å². The zero-order valence-electron chi connectivity index (χ0n) is 10.1. The number of halogens is 1. The van der Waals surface area contributed by atoms with Gasteiger partial charge in [-0.2, -0.15) is 5.10 Å². The van der Waals surface area contributed by atoms with E-state index in [1.165, 1.54) is 0 Å². The van der Waals surface area contributed by atoms with Crippen molar-refractivity contribution in [3.63, 3.8) is 0 Å². The van der Waals surface area contributed by atoms with Gasteiger partial charge in [0.05, 0.1) is 18.3 Å². The number of carbonyl (C=O) groups is 1. The van der Waals surface area contributed by atoms with Crippen molar-refractivity contribution in [2.75, 3.05) is 0 Å². The largest absolute Gasteiger partial charge is 0.481 e. The molecule has 0 fully saturated rings. The van der Waals surface area contributed by atoms with Gasteiger partial charge in [-0.1, -0.05) is 17.7 Å². The van der Waals surface area contributed by atoms with Crippen molar-refractivity contribution in [1.82, 2.24) is 9.78 Å². The Morgan fingerprint density at radius 2 is 2.17 bits per heavy atom. The monoisotopic (exact) mass is 264 g/mol. The lowest BCUT2D eigenvalue weighted by atomic mass is 10.2. The maximum Gasteiger partial charge on any atom is 0.307 e. The molecular formula is C13H13ClN2O2. The lowest BCUT2D eigenvalue weighted by molar-refractivity contribution is -0.136. The third kappa shape index (κ3) is 2.38. The molecule has 0 aliphatic carbocycles. The lowest BCUT2D eigenvalue weighted by Gasteiger charge is -2.07. The van der Waals surface area contributed by atoms with Crippen LogP contribution in [0.15, 0.2) is 24.4 Å². The second-order valence-electron chi connectivity index (χ2n) is 4.17. The van der Waals surface area contributed by atoms with Gasteiger partial charge < -0.3 is 5.11 Å². The highest BCUT2D eigenvalue weighted by Gasteiger charge is 2.11. The average molecular weight is 265 g/mol. The number of aromatic nitrogens is 2. The van der Waals surface area contributed by atoms with Crippen LogP contribution in [-0.2, 0) is 11.2 Å². The molecule has 1 N–H and O–H groups in total. The van der Waals surface area contributed by atoms with Crippen LogP contribution in [0.1, 0.15) is 16.8 Å². The van der Waals surface area contributed by atoms with Crippen LogP contribution in [0, 0.1) is 13.8 Å². The Morgan fingerprint density at radius 1 is 1.44 bits per heavy atom. The first-order chi connectivity index (χ1) is 8.49. The van der Waals surface area contributed by atoms with Crippen molar-refractivity contribution in [2.24, 2.45) is 0 Å². The molecule has 0 spiro atoms. The molecule has 5 heteroatoms. The van der Waals surface area contributed by atoms with Crippen molar-refractivity contribution in [3.8, 4) is 5.69 Å². The van der Waals surface area contributed by atoms with Gasteiger partial charge in [0.2, 0.25) is 0 Å². The molecule has 0 bridgehead atoms. The van der Waals surface area contributed by atoms with E-state index in [1.54, 1.807) is 10.9 Å². The van der Waals surface area contributed by atoms with Crippen molar-refractivity contribution in [1.29, 1.82) is 0 Å². The SMILES string of the molecule is Cc1ccc(-n2ncc(CC(=O)O)c2C)cc1Cl. The Balaban J connectivity index is 2.42. The number of carboxylic acids is 1. The second kappa shape index (κ2) is 4.82. The predicted octanol–water partition coefficient (Wildman–Crippen LogP) is 2.77. The van der Waals surface area contributed by atoms with Gasteiger partial charge in [0.15, 0.2) is 0 Å². The molecule has 18 heavy (non-hydrogen) atoms. The summed E-state index contributed by atoms with van der Waals surface area (Å²) < 4.78 is 1.70. The molecule has 2 aromatic rings. The molecule has 1 aromatic carbocycles. The van der Waals surface area contributed by atoms with E-state index in [0.29, 0.717) is 10.6 Å². The number of benzene rings is 1. The Kier molecular flexibility index (Phi) is 3.39. The highest BCUT2D eigenvalue weighted by molar-refractivity contribution is 6.31. The third-order valence-corrected chi connectivity index (χ3v) is 3.26. The van der Waals surface area contributed by atoms with Crippen LogP contribution in [0.2, 0.25) is 5.02 Å². The number of aliphatic carboxylic acids is 1. The van der Waals surface area contributed by atoms with E-state index in [4.69, 9.17) is 16.7 Å².